The standard InChI is InChI=1S/C14H17N3O3/c1-17(2)11-4-3-5-12(8-11)20-9-10-6-7-19-13(10)14(18)16-15/h3-8H,9,15H2,1-2H3,(H,16,18). The minimum absolute atomic E-state index is 0.163. The summed E-state index contributed by atoms with van der Waals surface area (Å²) in [5.41, 5.74) is 3.71. The molecule has 0 saturated heterocycles. The molecule has 6 heteroatoms. The van der Waals surface area contributed by atoms with E-state index in [1.165, 1.54) is 6.26 Å². The van der Waals surface area contributed by atoms with Crippen LogP contribution in [0.3, 0.4) is 0 Å². The summed E-state index contributed by atoms with van der Waals surface area (Å²) >= 11 is 0. The Morgan fingerprint density at radius 2 is 2.20 bits per heavy atom. The molecule has 0 aliphatic heterocycles. The number of amides is 1. The van der Waals surface area contributed by atoms with Crippen LogP contribution in [0.1, 0.15) is 16.1 Å². The van der Waals surface area contributed by atoms with Crippen molar-refractivity contribution in [1.29, 1.82) is 0 Å². The van der Waals surface area contributed by atoms with Gasteiger partial charge in [-0.25, -0.2) is 5.84 Å². The normalized spacial score (nSPS) is 10.2. The predicted molar refractivity (Wildman–Crippen MR) is 75.5 cm³/mol. The van der Waals surface area contributed by atoms with E-state index in [9.17, 15) is 4.79 Å². The number of hydrogen-bond acceptors (Lipinski definition) is 5. The van der Waals surface area contributed by atoms with Gasteiger partial charge in [0.05, 0.1) is 6.26 Å². The van der Waals surface area contributed by atoms with E-state index in [4.69, 9.17) is 15.0 Å². The number of furan rings is 1. The fourth-order valence-corrected chi connectivity index (χ4v) is 1.73. The smallest absolute Gasteiger partial charge is 0.301 e. The number of benzene rings is 1. The van der Waals surface area contributed by atoms with E-state index in [1.807, 2.05) is 48.7 Å². The van der Waals surface area contributed by atoms with Crippen molar-refractivity contribution in [2.24, 2.45) is 5.84 Å². The third-order valence-electron chi connectivity index (χ3n) is 2.81. The molecule has 0 aliphatic rings. The molecule has 20 heavy (non-hydrogen) atoms. The van der Waals surface area contributed by atoms with E-state index in [0.717, 1.165) is 11.4 Å². The number of hydrazine groups is 1. The van der Waals surface area contributed by atoms with Crippen molar-refractivity contribution in [3.63, 3.8) is 0 Å². The quantitative estimate of drug-likeness (QED) is 0.491. The van der Waals surface area contributed by atoms with E-state index in [-0.39, 0.29) is 12.4 Å². The molecule has 0 unspecified atom stereocenters. The van der Waals surface area contributed by atoms with Gasteiger partial charge in [-0.15, -0.1) is 0 Å². The van der Waals surface area contributed by atoms with Crippen LogP contribution >= 0.6 is 0 Å². The lowest BCUT2D eigenvalue weighted by molar-refractivity contribution is 0.0922. The van der Waals surface area contributed by atoms with E-state index < -0.39 is 5.91 Å². The van der Waals surface area contributed by atoms with Gasteiger partial charge in [0, 0.05) is 31.4 Å². The molecule has 1 heterocycles. The lowest BCUT2D eigenvalue weighted by Crippen LogP contribution is -2.30. The van der Waals surface area contributed by atoms with Gasteiger partial charge in [-0.2, -0.15) is 0 Å². The Bertz CT molecular complexity index is 593. The van der Waals surface area contributed by atoms with Gasteiger partial charge in [0.25, 0.3) is 0 Å². The Morgan fingerprint density at radius 3 is 2.90 bits per heavy atom. The van der Waals surface area contributed by atoms with Crippen molar-refractivity contribution < 1.29 is 13.9 Å². The van der Waals surface area contributed by atoms with Crippen LogP contribution in [0.15, 0.2) is 41.0 Å². The average molecular weight is 275 g/mol. The monoisotopic (exact) mass is 275 g/mol. The maximum atomic E-state index is 11.5. The zero-order chi connectivity index (χ0) is 14.5. The summed E-state index contributed by atoms with van der Waals surface area (Å²) in [5.74, 6) is 5.49. The second-order valence-corrected chi connectivity index (χ2v) is 4.43. The molecule has 0 radical (unpaired) electrons. The maximum absolute atomic E-state index is 11.5. The van der Waals surface area contributed by atoms with Crippen LogP contribution in [0.4, 0.5) is 5.69 Å². The molecule has 0 spiro atoms. The number of nitrogens with one attached hydrogen (secondary N) is 1. The average Bonchev–Trinajstić information content (AvgIpc) is 2.93. The van der Waals surface area contributed by atoms with Gasteiger partial charge in [0.2, 0.25) is 0 Å². The highest BCUT2D eigenvalue weighted by molar-refractivity contribution is 5.92. The molecule has 2 aromatic rings. The van der Waals surface area contributed by atoms with Crippen LogP contribution in [0.2, 0.25) is 0 Å². The van der Waals surface area contributed by atoms with Gasteiger partial charge in [0.1, 0.15) is 12.4 Å². The van der Waals surface area contributed by atoms with Crippen LogP contribution in [-0.2, 0) is 6.61 Å². The van der Waals surface area contributed by atoms with Gasteiger partial charge in [-0.3, -0.25) is 10.2 Å². The maximum Gasteiger partial charge on any atom is 0.301 e. The van der Waals surface area contributed by atoms with Crippen molar-refractivity contribution in [2.75, 3.05) is 19.0 Å². The third kappa shape index (κ3) is 3.10. The second-order valence-electron chi connectivity index (χ2n) is 4.43. The molecule has 0 atom stereocenters. The highest BCUT2D eigenvalue weighted by Crippen LogP contribution is 2.21. The van der Waals surface area contributed by atoms with Gasteiger partial charge in [-0.1, -0.05) is 6.07 Å². The van der Waals surface area contributed by atoms with Crippen molar-refractivity contribution in [3.05, 3.63) is 47.9 Å². The van der Waals surface area contributed by atoms with E-state index in [2.05, 4.69) is 0 Å². The van der Waals surface area contributed by atoms with Crippen LogP contribution in [0, 0.1) is 0 Å². The third-order valence-corrected chi connectivity index (χ3v) is 2.81. The summed E-state index contributed by atoms with van der Waals surface area (Å²) < 4.78 is 10.8. The summed E-state index contributed by atoms with van der Waals surface area (Å²) in [6.45, 7) is 0.232. The number of ether oxygens (including phenoxy) is 1. The molecule has 0 aliphatic carbocycles. The topological polar surface area (TPSA) is 80.7 Å². The molecular weight excluding hydrogens is 258 g/mol. The van der Waals surface area contributed by atoms with Crippen molar-refractivity contribution in [2.45, 2.75) is 6.61 Å². The Morgan fingerprint density at radius 1 is 1.40 bits per heavy atom. The highest BCUT2D eigenvalue weighted by Gasteiger charge is 2.14. The van der Waals surface area contributed by atoms with E-state index >= 15 is 0 Å². The lowest BCUT2D eigenvalue weighted by atomic mass is 10.2. The minimum atomic E-state index is -0.476. The first-order valence-corrected chi connectivity index (χ1v) is 6.09. The van der Waals surface area contributed by atoms with Crippen LogP contribution < -0.4 is 20.9 Å². The van der Waals surface area contributed by atoms with E-state index in [1.54, 1.807) is 6.07 Å². The first-order chi connectivity index (χ1) is 9.61. The summed E-state index contributed by atoms with van der Waals surface area (Å²) in [6.07, 6.45) is 1.43. The Balaban J connectivity index is 2.07. The molecule has 0 bridgehead atoms. The van der Waals surface area contributed by atoms with Crippen molar-refractivity contribution in [1.82, 2.24) is 5.43 Å². The van der Waals surface area contributed by atoms with Crippen molar-refractivity contribution >= 4 is 11.6 Å². The summed E-state index contributed by atoms with van der Waals surface area (Å²) in [6, 6.07) is 9.35. The van der Waals surface area contributed by atoms with Crippen molar-refractivity contribution in [3.8, 4) is 5.75 Å². The van der Waals surface area contributed by atoms with Gasteiger partial charge >= 0.3 is 5.91 Å². The van der Waals surface area contributed by atoms with Gasteiger partial charge in [-0.05, 0) is 18.2 Å². The number of carbonyl (C=O) groups excluding carboxylic acids is 1. The first kappa shape index (κ1) is 14.0. The molecule has 106 valence electrons. The Kier molecular flexibility index (Phi) is 4.27. The summed E-state index contributed by atoms with van der Waals surface area (Å²) in [4.78, 5) is 13.4. The van der Waals surface area contributed by atoms with Gasteiger partial charge in [0.15, 0.2) is 5.76 Å². The molecule has 1 amide bonds. The number of rotatable bonds is 5. The number of hydrogen-bond donors (Lipinski definition) is 2. The molecule has 1 aromatic carbocycles. The fourth-order valence-electron chi connectivity index (χ4n) is 1.73. The summed E-state index contributed by atoms with van der Waals surface area (Å²) in [5, 5.41) is 0. The minimum Gasteiger partial charge on any atom is -0.489 e. The largest absolute Gasteiger partial charge is 0.489 e. The summed E-state index contributed by atoms with van der Waals surface area (Å²) in [7, 11) is 3.91. The lowest BCUT2D eigenvalue weighted by Gasteiger charge is -2.14. The Labute approximate surface area is 117 Å². The molecular formula is C14H17N3O3. The number of carbonyl (C=O) groups is 1. The van der Waals surface area contributed by atoms with Crippen LogP contribution in [-0.4, -0.2) is 20.0 Å². The molecule has 0 fully saturated rings. The molecule has 1 aromatic heterocycles. The number of nitrogens with two attached hydrogens (primary N) is 1. The molecule has 0 saturated carbocycles. The number of nitrogen functional groups attached to an aromatic ring is 1. The molecule has 2 rings (SSSR count). The molecule has 3 N–H and O–H groups in total. The first-order valence-electron chi connectivity index (χ1n) is 6.09. The van der Waals surface area contributed by atoms with E-state index in [0.29, 0.717) is 5.56 Å². The predicted octanol–water partition coefficient (Wildman–Crippen LogP) is 1.53. The molecule has 6 nitrogen and oxygen atoms in total. The number of nitrogens with zero attached hydrogens (tertiary/aromatic N) is 1. The van der Waals surface area contributed by atoms with Gasteiger partial charge < -0.3 is 14.1 Å². The highest BCUT2D eigenvalue weighted by atomic mass is 16.5. The number of anilines is 1. The SMILES string of the molecule is CN(C)c1cccc(OCc2ccoc2C(=O)NN)c1. The van der Waals surface area contributed by atoms with Crippen LogP contribution in [0.5, 0.6) is 5.75 Å². The zero-order valence-electron chi connectivity index (χ0n) is 11.4. The zero-order valence-corrected chi connectivity index (χ0v) is 11.4. The fraction of sp³-hybridized carbons (Fsp3) is 0.214. The van der Waals surface area contributed by atoms with Crippen LogP contribution in [0.25, 0.3) is 0 Å². The second kappa shape index (κ2) is 6.12. The Hall–Kier alpha value is -2.47.